The maximum absolute atomic E-state index is 13.2. The molecule has 0 unspecified atom stereocenters. The molecule has 3 aromatic rings. The van der Waals surface area contributed by atoms with E-state index in [1.54, 1.807) is 14.5 Å². The van der Waals surface area contributed by atoms with E-state index in [0.717, 1.165) is 22.5 Å². The van der Waals surface area contributed by atoms with Crippen LogP contribution < -0.4 is 5.32 Å². The molecule has 1 N–H and O–H groups in total. The first-order valence-electron chi connectivity index (χ1n) is 9.65. The van der Waals surface area contributed by atoms with Gasteiger partial charge < -0.3 is 15.1 Å². The van der Waals surface area contributed by atoms with Gasteiger partial charge in [0, 0.05) is 44.6 Å². The monoisotopic (exact) mass is 392 g/mol. The lowest BCUT2D eigenvalue weighted by molar-refractivity contribution is 0.0673. The van der Waals surface area contributed by atoms with Crippen molar-refractivity contribution in [3.63, 3.8) is 0 Å². The summed E-state index contributed by atoms with van der Waals surface area (Å²) < 4.78 is 1.71. The van der Waals surface area contributed by atoms with E-state index in [9.17, 15) is 9.59 Å². The molecule has 0 saturated carbocycles. The SMILES string of the molecule is Cc1cc(C(=O)N2CCN(C(=O)Nc3ccccc3)CC2)c2c(C)nn(C)c2n1. The lowest BCUT2D eigenvalue weighted by atomic mass is 10.1. The van der Waals surface area contributed by atoms with Crippen molar-refractivity contribution in [1.82, 2.24) is 24.6 Å². The number of piperazine rings is 1. The highest BCUT2D eigenvalue weighted by Crippen LogP contribution is 2.23. The maximum Gasteiger partial charge on any atom is 0.321 e. The molecule has 8 heteroatoms. The Kier molecular flexibility index (Phi) is 4.92. The Bertz CT molecular complexity index is 1070. The average molecular weight is 392 g/mol. The average Bonchev–Trinajstić information content (AvgIpc) is 3.01. The number of aryl methyl sites for hydroxylation is 3. The van der Waals surface area contributed by atoms with Crippen molar-refractivity contribution < 1.29 is 9.59 Å². The van der Waals surface area contributed by atoms with E-state index >= 15 is 0 Å². The van der Waals surface area contributed by atoms with Gasteiger partial charge in [0.1, 0.15) is 0 Å². The van der Waals surface area contributed by atoms with Crippen molar-refractivity contribution in [3.05, 3.63) is 53.3 Å². The van der Waals surface area contributed by atoms with E-state index in [0.29, 0.717) is 37.4 Å². The highest BCUT2D eigenvalue weighted by Gasteiger charge is 2.27. The second kappa shape index (κ2) is 7.54. The Labute approximate surface area is 169 Å². The van der Waals surface area contributed by atoms with Gasteiger partial charge >= 0.3 is 6.03 Å². The smallest absolute Gasteiger partial charge is 0.321 e. The summed E-state index contributed by atoms with van der Waals surface area (Å²) in [6.45, 7) is 5.73. The van der Waals surface area contributed by atoms with Gasteiger partial charge in [0.05, 0.1) is 16.6 Å². The van der Waals surface area contributed by atoms with Gasteiger partial charge in [-0.1, -0.05) is 18.2 Å². The van der Waals surface area contributed by atoms with Crippen LogP contribution in [0, 0.1) is 13.8 Å². The van der Waals surface area contributed by atoms with Crippen molar-refractivity contribution in [2.75, 3.05) is 31.5 Å². The first kappa shape index (κ1) is 18.9. The molecule has 1 aromatic carbocycles. The predicted octanol–water partition coefficient (Wildman–Crippen LogP) is 2.58. The number of amides is 3. The summed E-state index contributed by atoms with van der Waals surface area (Å²) >= 11 is 0. The largest absolute Gasteiger partial charge is 0.335 e. The summed E-state index contributed by atoms with van der Waals surface area (Å²) in [5.74, 6) is -0.0419. The van der Waals surface area contributed by atoms with Gasteiger partial charge in [-0.25, -0.2) is 9.78 Å². The molecule has 4 rings (SSSR count). The quantitative estimate of drug-likeness (QED) is 0.727. The molecule has 1 fully saturated rings. The number of para-hydroxylation sites is 1. The van der Waals surface area contributed by atoms with Gasteiger partial charge in [-0.15, -0.1) is 0 Å². The van der Waals surface area contributed by atoms with Crippen LogP contribution in [0.5, 0.6) is 0 Å². The second-order valence-electron chi connectivity index (χ2n) is 7.29. The van der Waals surface area contributed by atoms with E-state index in [2.05, 4.69) is 15.4 Å². The summed E-state index contributed by atoms with van der Waals surface area (Å²) in [6.07, 6.45) is 0. The summed E-state index contributed by atoms with van der Waals surface area (Å²) in [5.41, 5.74) is 3.67. The fourth-order valence-corrected chi connectivity index (χ4v) is 3.75. The molecule has 0 bridgehead atoms. The van der Waals surface area contributed by atoms with Crippen molar-refractivity contribution in [2.24, 2.45) is 7.05 Å². The molecule has 1 aliphatic rings. The third kappa shape index (κ3) is 3.65. The molecule has 29 heavy (non-hydrogen) atoms. The number of nitrogens with zero attached hydrogens (tertiary/aromatic N) is 5. The van der Waals surface area contributed by atoms with Crippen LogP contribution in [0.2, 0.25) is 0 Å². The minimum atomic E-state index is -0.145. The predicted molar refractivity (Wildman–Crippen MR) is 111 cm³/mol. The summed E-state index contributed by atoms with van der Waals surface area (Å²) in [5, 5.41) is 8.11. The molecule has 0 aliphatic carbocycles. The van der Waals surface area contributed by atoms with E-state index in [1.807, 2.05) is 57.3 Å². The zero-order chi connectivity index (χ0) is 20.5. The highest BCUT2D eigenvalue weighted by atomic mass is 16.2. The number of aromatic nitrogens is 3. The normalized spacial score (nSPS) is 14.3. The van der Waals surface area contributed by atoms with Gasteiger partial charge in [-0.3, -0.25) is 9.48 Å². The molecule has 3 amide bonds. The van der Waals surface area contributed by atoms with Crippen molar-refractivity contribution in [2.45, 2.75) is 13.8 Å². The van der Waals surface area contributed by atoms with Crippen molar-refractivity contribution >= 4 is 28.7 Å². The lowest BCUT2D eigenvalue weighted by Crippen LogP contribution is -2.51. The first-order chi connectivity index (χ1) is 13.9. The standard InChI is InChI=1S/C21H24N6O2/c1-14-13-17(18-15(2)24-25(3)19(18)22-14)20(28)26-9-11-27(12-10-26)21(29)23-16-7-5-4-6-8-16/h4-8,13H,9-12H2,1-3H3,(H,23,29). The van der Waals surface area contributed by atoms with Crippen LogP contribution in [-0.4, -0.2) is 62.7 Å². The minimum Gasteiger partial charge on any atom is -0.335 e. The minimum absolute atomic E-state index is 0.0419. The van der Waals surface area contributed by atoms with E-state index < -0.39 is 0 Å². The van der Waals surface area contributed by atoms with Crippen LogP contribution in [0.25, 0.3) is 11.0 Å². The maximum atomic E-state index is 13.2. The number of hydrogen-bond donors (Lipinski definition) is 1. The molecule has 0 spiro atoms. The van der Waals surface area contributed by atoms with Crippen LogP contribution in [0.15, 0.2) is 36.4 Å². The molecule has 150 valence electrons. The van der Waals surface area contributed by atoms with Crippen LogP contribution >= 0.6 is 0 Å². The van der Waals surface area contributed by atoms with Gasteiger partial charge in [0.15, 0.2) is 5.65 Å². The Balaban J connectivity index is 1.47. The zero-order valence-corrected chi connectivity index (χ0v) is 16.8. The topological polar surface area (TPSA) is 83.4 Å². The number of fused-ring (bicyclic) bond motifs is 1. The number of pyridine rings is 1. The van der Waals surface area contributed by atoms with Gasteiger partial charge in [-0.05, 0) is 32.0 Å². The molecule has 8 nitrogen and oxygen atoms in total. The van der Waals surface area contributed by atoms with Crippen molar-refractivity contribution in [1.29, 1.82) is 0 Å². The molecule has 3 heterocycles. The van der Waals surface area contributed by atoms with Crippen molar-refractivity contribution in [3.8, 4) is 0 Å². The highest BCUT2D eigenvalue weighted by molar-refractivity contribution is 6.06. The summed E-state index contributed by atoms with van der Waals surface area (Å²) in [7, 11) is 1.83. The molecule has 1 saturated heterocycles. The Morgan fingerprint density at radius 1 is 1.00 bits per heavy atom. The number of rotatable bonds is 2. The first-order valence-corrected chi connectivity index (χ1v) is 9.65. The van der Waals surface area contributed by atoms with Gasteiger partial charge in [0.25, 0.3) is 5.91 Å². The van der Waals surface area contributed by atoms with Crippen LogP contribution in [0.3, 0.4) is 0 Å². The Morgan fingerprint density at radius 2 is 1.66 bits per heavy atom. The van der Waals surface area contributed by atoms with Gasteiger partial charge in [-0.2, -0.15) is 5.10 Å². The molecular formula is C21H24N6O2. The third-order valence-corrected chi connectivity index (χ3v) is 5.21. The second-order valence-corrected chi connectivity index (χ2v) is 7.29. The summed E-state index contributed by atoms with van der Waals surface area (Å²) in [6, 6.07) is 11.0. The molecule has 0 atom stereocenters. The number of hydrogen-bond acceptors (Lipinski definition) is 4. The third-order valence-electron chi connectivity index (χ3n) is 5.21. The van der Waals surface area contributed by atoms with Crippen LogP contribution in [0.4, 0.5) is 10.5 Å². The van der Waals surface area contributed by atoms with E-state index in [4.69, 9.17) is 0 Å². The Morgan fingerprint density at radius 3 is 2.34 bits per heavy atom. The molecule has 2 aromatic heterocycles. The van der Waals surface area contributed by atoms with E-state index in [1.165, 1.54) is 0 Å². The number of benzene rings is 1. The number of anilines is 1. The number of carbonyl (C=O) groups is 2. The molecular weight excluding hydrogens is 368 g/mol. The van der Waals surface area contributed by atoms with Crippen LogP contribution in [0.1, 0.15) is 21.7 Å². The summed E-state index contributed by atoms with van der Waals surface area (Å²) in [4.78, 5) is 33.8. The number of urea groups is 1. The number of carbonyl (C=O) groups excluding carboxylic acids is 2. The zero-order valence-electron chi connectivity index (χ0n) is 16.8. The number of nitrogens with one attached hydrogen (secondary N) is 1. The lowest BCUT2D eigenvalue weighted by Gasteiger charge is -2.34. The molecule has 0 radical (unpaired) electrons. The van der Waals surface area contributed by atoms with E-state index in [-0.39, 0.29) is 11.9 Å². The Hall–Kier alpha value is -3.42. The molecule has 1 aliphatic heterocycles. The van der Waals surface area contributed by atoms with Crippen LogP contribution in [-0.2, 0) is 7.05 Å². The van der Waals surface area contributed by atoms with Gasteiger partial charge in [0.2, 0.25) is 0 Å². The fourth-order valence-electron chi connectivity index (χ4n) is 3.75. The fraction of sp³-hybridized carbons (Fsp3) is 0.333.